The topological polar surface area (TPSA) is 17.1 Å². The Bertz CT molecular complexity index is 404. The second-order valence-electron chi connectivity index (χ2n) is 4.75. The van der Waals surface area contributed by atoms with E-state index in [2.05, 4.69) is 26.2 Å². The van der Waals surface area contributed by atoms with Crippen LogP contribution >= 0.6 is 0 Å². The quantitative estimate of drug-likeness (QED) is 0.634. The number of carbonyl (C=O) groups excluding carboxylic acids is 1. The van der Waals surface area contributed by atoms with Gasteiger partial charge in [0.15, 0.2) is 0 Å². The summed E-state index contributed by atoms with van der Waals surface area (Å²) in [6, 6.07) is 10.1. The van der Waals surface area contributed by atoms with Crippen molar-refractivity contribution < 1.29 is 9.28 Å². The first-order valence-electron chi connectivity index (χ1n) is 5.18. The van der Waals surface area contributed by atoms with E-state index in [9.17, 15) is 4.79 Å². The molecule has 1 aromatic carbocycles. The number of rotatable bonds is 1. The molecule has 2 nitrogen and oxygen atoms in total. The zero-order valence-corrected chi connectivity index (χ0v) is 9.23. The van der Waals surface area contributed by atoms with Crippen LogP contribution in [0.1, 0.15) is 5.56 Å². The fraction of sp³-hybridized carbons (Fsp3) is 0.308. The van der Waals surface area contributed by atoms with Crippen molar-refractivity contribution in [1.82, 2.24) is 0 Å². The van der Waals surface area contributed by atoms with Crippen molar-refractivity contribution in [3.8, 4) is 0 Å². The number of nitrogens with zero attached hydrogens (tertiary/aromatic N) is 1. The molecule has 1 aliphatic heterocycles. The molecule has 0 saturated heterocycles. The van der Waals surface area contributed by atoms with Gasteiger partial charge in [0.2, 0.25) is 5.78 Å². The Kier molecular flexibility index (Phi) is 2.45. The van der Waals surface area contributed by atoms with Crippen LogP contribution in [0.3, 0.4) is 0 Å². The second kappa shape index (κ2) is 3.63. The van der Waals surface area contributed by atoms with Gasteiger partial charge in [-0.15, -0.1) is 0 Å². The molecule has 0 aliphatic carbocycles. The van der Waals surface area contributed by atoms with Crippen molar-refractivity contribution in [3.63, 3.8) is 0 Å². The molecule has 2 heteroatoms. The van der Waals surface area contributed by atoms with Crippen molar-refractivity contribution in [3.05, 3.63) is 42.0 Å². The second-order valence-corrected chi connectivity index (χ2v) is 4.75. The molecule has 0 radical (unpaired) electrons. The van der Waals surface area contributed by atoms with Gasteiger partial charge in [0.05, 0.1) is 14.1 Å². The Balaban J connectivity index is 2.35. The van der Waals surface area contributed by atoms with Crippen LogP contribution in [0.15, 0.2) is 36.4 Å². The van der Waals surface area contributed by atoms with E-state index in [1.54, 1.807) is 6.08 Å². The third-order valence-electron chi connectivity index (χ3n) is 2.66. The minimum Gasteiger partial charge on any atom is -0.318 e. The minimum atomic E-state index is 0.227. The van der Waals surface area contributed by atoms with Crippen LogP contribution in [0, 0.1) is 0 Å². The minimum absolute atomic E-state index is 0.227. The number of likely N-dealkylation sites (N-methyl/N-ethyl adjacent to an activating group) is 1. The molecule has 1 heterocycles. The van der Waals surface area contributed by atoms with E-state index < -0.39 is 0 Å². The van der Waals surface area contributed by atoms with E-state index in [0.717, 1.165) is 22.2 Å². The van der Waals surface area contributed by atoms with Crippen molar-refractivity contribution in [1.29, 1.82) is 0 Å². The van der Waals surface area contributed by atoms with Gasteiger partial charge >= 0.3 is 0 Å². The summed E-state index contributed by atoms with van der Waals surface area (Å²) in [4.78, 5) is 11.6. The van der Waals surface area contributed by atoms with Crippen LogP contribution in [0.25, 0.3) is 5.57 Å². The molecule has 0 fully saturated rings. The van der Waals surface area contributed by atoms with Crippen molar-refractivity contribution in [2.75, 3.05) is 27.2 Å². The number of hydrogen-bond acceptors (Lipinski definition) is 1. The van der Waals surface area contributed by atoms with Crippen LogP contribution < -0.4 is 0 Å². The van der Waals surface area contributed by atoms with E-state index in [-0.39, 0.29) is 5.78 Å². The third-order valence-corrected chi connectivity index (χ3v) is 2.66. The molecule has 1 aliphatic rings. The summed E-state index contributed by atoms with van der Waals surface area (Å²) in [5, 5.41) is 0. The van der Waals surface area contributed by atoms with Crippen LogP contribution in [-0.4, -0.2) is 37.5 Å². The summed E-state index contributed by atoms with van der Waals surface area (Å²) in [5.74, 6) is 0.227. The summed E-state index contributed by atoms with van der Waals surface area (Å²) in [6.07, 6.45) is 1.79. The molecule has 78 valence electrons. The molecule has 1 aromatic rings. The van der Waals surface area contributed by atoms with E-state index >= 15 is 0 Å². The first-order chi connectivity index (χ1) is 7.07. The van der Waals surface area contributed by atoms with Crippen molar-refractivity contribution >= 4 is 11.4 Å². The maximum absolute atomic E-state index is 11.6. The predicted octanol–water partition coefficient (Wildman–Crippen LogP) is 1.73. The Morgan fingerprint density at radius 3 is 2.33 bits per heavy atom. The Morgan fingerprint density at radius 2 is 1.73 bits per heavy atom. The summed E-state index contributed by atoms with van der Waals surface area (Å²) >= 11 is 0. The lowest BCUT2D eigenvalue weighted by molar-refractivity contribution is -0.875. The number of benzene rings is 1. The normalized spacial score (nSPS) is 19.9. The highest BCUT2D eigenvalue weighted by Gasteiger charge is 2.26. The number of hydrogen-bond donors (Lipinski definition) is 0. The largest absolute Gasteiger partial charge is 0.318 e. The summed E-state index contributed by atoms with van der Waals surface area (Å²) < 4.78 is 0.750. The van der Waals surface area contributed by atoms with E-state index in [1.807, 2.05) is 18.2 Å². The SMILES string of the molecule is C[N+]1(C)CC(=O)C=C(c2ccccc2)C1. The molecule has 0 unspecified atom stereocenters. The number of quaternary nitrogens is 1. The van der Waals surface area contributed by atoms with Gasteiger partial charge in [-0.3, -0.25) is 4.79 Å². The van der Waals surface area contributed by atoms with E-state index in [0.29, 0.717) is 6.54 Å². The maximum Gasteiger partial charge on any atom is 0.210 e. The fourth-order valence-electron chi connectivity index (χ4n) is 2.05. The molecule has 0 aromatic heterocycles. The van der Waals surface area contributed by atoms with Gasteiger partial charge in [0.25, 0.3) is 0 Å². The number of ketones is 1. The molecule has 0 spiro atoms. The van der Waals surface area contributed by atoms with Gasteiger partial charge in [-0.25, -0.2) is 0 Å². The molecule has 0 amide bonds. The molecule has 2 rings (SSSR count). The smallest absolute Gasteiger partial charge is 0.210 e. The Hall–Kier alpha value is -1.41. The summed E-state index contributed by atoms with van der Waals surface area (Å²) in [6.45, 7) is 1.53. The Labute approximate surface area is 90.4 Å². The molecule has 15 heavy (non-hydrogen) atoms. The zero-order chi connectivity index (χ0) is 10.9. The molecule has 0 atom stereocenters. The molecule has 0 bridgehead atoms. The highest BCUT2D eigenvalue weighted by Crippen LogP contribution is 2.21. The monoisotopic (exact) mass is 202 g/mol. The van der Waals surface area contributed by atoms with Crippen LogP contribution in [0.2, 0.25) is 0 Å². The molecule has 0 saturated carbocycles. The lowest BCUT2D eigenvalue weighted by Crippen LogP contribution is -2.47. The standard InChI is InChI=1S/C13H16NO/c1-14(2)9-12(8-13(15)10-14)11-6-4-3-5-7-11/h3-8H,9-10H2,1-2H3/q+1. The third kappa shape index (κ3) is 2.34. The summed E-state index contributed by atoms with van der Waals surface area (Å²) in [5.41, 5.74) is 2.31. The van der Waals surface area contributed by atoms with Gasteiger partial charge in [-0.05, 0) is 11.6 Å². The average molecular weight is 202 g/mol. The number of carbonyl (C=O) groups is 1. The molecule has 0 N–H and O–H groups in total. The highest BCUT2D eigenvalue weighted by atomic mass is 16.1. The van der Waals surface area contributed by atoms with Crippen molar-refractivity contribution in [2.45, 2.75) is 0 Å². The van der Waals surface area contributed by atoms with Crippen LogP contribution in [0.5, 0.6) is 0 Å². The maximum atomic E-state index is 11.6. The van der Waals surface area contributed by atoms with E-state index in [1.165, 1.54) is 0 Å². The first-order valence-corrected chi connectivity index (χ1v) is 5.18. The van der Waals surface area contributed by atoms with Gasteiger partial charge in [-0.1, -0.05) is 30.3 Å². The fourth-order valence-corrected chi connectivity index (χ4v) is 2.05. The van der Waals surface area contributed by atoms with Crippen LogP contribution in [-0.2, 0) is 4.79 Å². The lowest BCUT2D eigenvalue weighted by Gasteiger charge is -2.32. The van der Waals surface area contributed by atoms with Gasteiger partial charge in [0, 0.05) is 5.57 Å². The summed E-state index contributed by atoms with van der Waals surface area (Å²) in [7, 11) is 4.18. The van der Waals surface area contributed by atoms with Gasteiger partial charge in [0.1, 0.15) is 13.1 Å². The highest BCUT2D eigenvalue weighted by molar-refractivity contribution is 5.98. The van der Waals surface area contributed by atoms with Crippen LogP contribution in [0.4, 0.5) is 0 Å². The average Bonchev–Trinajstić information content (AvgIpc) is 2.16. The van der Waals surface area contributed by atoms with Crippen molar-refractivity contribution in [2.24, 2.45) is 0 Å². The Morgan fingerprint density at radius 1 is 1.07 bits per heavy atom. The van der Waals surface area contributed by atoms with Gasteiger partial charge < -0.3 is 4.48 Å². The van der Waals surface area contributed by atoms with Gasteiger partial charge in [-0.2, -0.15) is 0 Å². The predicted molar refractivity (Wildman–Crippen MR) is 61.3 cm³/mol. The van der Waals surface area contributed by atoms with E-state index in [4.69, 9.17) is 0 Å². The molecular formula is C13H16NO+. The molecular weight excluding hydrogens is 186 g/mol. The zero-order valence-electron chi connectivity index (χ0n) is 9.23. The first kappa shape index (κ1) is 10.1. The lowest BCUT2D eigenvalue weighted by atomic mass is 10.00.